The Labute approximate surface area is 106 Å². The van der Waals surface area contributed by atoms with Crippen LogP contribution in [-0.4, -0.2) is 44.2 Å². The molecule has 1 aliphatic rings. The van der Waals surface area contributed by atoms with E-state index in [1.165, 1.54) is 0 Å². The molecule has 0 amide bonds. The van der Waals surface area contributed by atoms with Crippen LogP contribution in [0.3, 0.4) is 0 Å². The second-order valence-electron chi connectivity index (χ2n) is 4.83. The quantitative estimate of drug-likeness (QED) is 0.709. The van der Waals surface area contributed by atoms with Crippen molar-refractivity contribution in [2.24, 2.45) is 0 Å². The highest BCUT2D eigenvalue weighted by Crippen LogP contribution is 2.20. The van der Waals surface area contributed by atoms with E-state index in [4.69, 9.17) is 0 Å². The average Bonchev–Trinajstić information content (AvgIpc) is 2.29. The Balaban J connectivity index is 2.34. The summed E-state index contributed by atoms with van der Waals surface area (Å²) in [5.41, 5.74) is 0. The summed E-state index contributed by atoms with van der Waals surface area (Å²) in [6, 6.07) is 0.197. The molecule has 1 saturated heterocycles. The maximum atomic E-state index is 12.1. The van der Waals surface area contributed by atoms with Crippen LogP contribution >= 0.6 is 0 Å². The van der Waals surface area contributed by atoms with Crippen molar-refractivity contribution in [1.82, 2.24) is 9.62 Å². The summed E-state index contributed by atoms with van der Waals surface area (Å²) in [5.74, 6) is 0.308. The molecule has 1 unspecified atom stereocenters. The number of hydrogen-bond donors (Lipinski definition) is 1. The molecule has 0 aromatic carbocycles. The van der Waals surface area contributed by atoms with E-state index in [2.05, 4.69) is 12.2 Å². The first-order chi connectivity index (χ1) is 8.08. The van der Waals surface area contributed by atoms with Gasteiger partial charge in [-0.25, -0.2) is 8.42 Å². The summed E-state index contributed by atoms with van der Waals surface area (Å²) in [5, 5.41) is 3.21. The molecule has 1 heterocycles. The Morgan fingerprint density at radius 3 is 2.71 bits per heavy atom. The largest absolute Gasteiger partial charge is 0.317 e. The van der Waals surface area contributed by atoms with Gasteiger partial charge in [-0.05, 0) is 45.7 Å². The van der Waals surface area contributed by atoms with Crippen LogP contribution in [0.2, 0.25) is 0 Å². The predicted octanol–water partition coefficient (Wildman–Crippen LogP) is 1.58. The van der Waals surface area contributed by atoms with Gasteiger partial charge in [0.25, 0.3) is 0 Å². The van der Waals surface area contributed by atoms with Gasteiger partial charge in [0.2, 0.25) is 10.0 Å². The number of nitrogens with zero attached hydrogens (tertiary/aromatic N) is 1. The van der Waals surface area contributed by atoms with Crippen LogP contribution in [0.4, 0.5) is 0 Å². The molecule has 1 rings (SSSR count). The Morgan fingerprint density at radius 1 is 1.29 bits per heavy atom. The monoisotopic (exact) mass is 262 g/mol. The van der Waals surface area contributed by atoms with Gasteiger partial charge in [0, 0.05) is 12.6 Å². The molecule has 1 aliphatic heterocycles. The molecular formula is C12H26N2O2S. The topological polar surface area (TPSA) is 49.4 Å². The molecule has 4 nitrogen and oxygen atoms in total. The number of piperidine rings is 1. The number of nitrogens with one attached hydrogen (secondary N) is 1. The third-order valence-corrected chi connectivity index (χ3v) is 5.42. The van der Waals surface area contributed by atoms with Crippen molar-refractivity contribution in [2.45, 2.75) is 52.0 Å². The van der Waals surface area contributed by atoms with Gasteiger partial charge in [0.15, 0.2) is 0 Å². The molecule has 1 atom stereocenters. The van der Waals surface area contributed by atoms with Crippen LogP contribution in [0.5, 0.6) is 0 Å². The third-order valence-electron chi connectivity index (χ3n) is 3.36. The van der Waals surface area contributed by atoms with Gasteiger partial charge in [0.05, 0.1) is 5.75 Å². The van der Waals surface area contributed by atoms with Crippen molar-refractivity contribution in [1.29, 1.82) is 0 Å². The van der Waals surface area contributed by atoms with Gasteiger partial charge in [-0.3, -0.25) is 0 Å². The van der Waals surface area contributed by atoms with E-state index in [9.17, 15) is 8.42 Å². The van der Waals surface area contributed by atoms with E-state index in [0.717, 1.165) is 51.7 Å². The smallest absolute Gasteiger partial charge is 0.214 e. The lowest BCUT2D eigenvalue weighted by atomic mass is 10.1. The molecule has 0 bridgehead atoms. The van der Waals surface area contributed by atoms with Crippen molar-refractivity contribution in [3.05, 3.63) is 0 Å². The number of rotatable bonds is 7. The summed E-state index contributed by atoms with van der Waals surface area (Å²) in [6.45, 7) is 6.68. The third kappa shape index (κ3) is 4.94. The summed E-state index contributed by atoms with van der Waals surface area (Å²) in [6.07, 6.45) is 4.89. The molecule has 17 heavy (non-hydrogen) atoms. The zero-order chi connectivity index (χ0) is 12.7. The number of hydrogen-bond acceptors (Lipinski definition) is 3. The van der Waals surface area contributed by atoms with Crippen molar-refractivity contribution in [2.75, 3.05) is 25.4 Å². The SMILES string of the molecule is CCNCCCCS(=O)(=O)N1CCCCC1C. The van der Waals surface area contributed by atoms with Crippen molar-refractivity contribution in [3.63, 3.8) is 0 Å². The van der Waals surface area contributed by atoms with Gasteiger partial charge in [-0.15, -0.1) is 0 Å². The maximum absolute atomic E-state index is 12.1. The lowest BCUT2D eigenvalue weighted by molar-refractivity contribution is 0.268. The Hall–Kier alpha value is -0.130. The fraction of sp³-hybridized carbons (Fsp3) is 1.00. The van der Waals surface area contributed by atoms with Gasteiger partial charge in [-0.2, -0.15) is 4.31 Å². The van der Waals surface area contributed by atoms with Crippen LogP contribution in [0.25, 0.3) is 0 Å². The highest BCUT2D eigenvalue weighted by Gasteiger charge is 2.28. The summed E-state index contributed by atoms with van der Waals surface area (Å²) in [4.78, 5) is 0. The van der Waals surface area contributed by atoms with Crippen LogP contribution in [0, 0.1) is 0 Å². The van der Waals surface area contributed by atoms with Gasteiger partial charge in [0.1, 0.15) is 0 Å². The van der Waals surface area contributed by atoms with E-state index in [-0.39, 0.29) is 6.04 Å². The fourth-order valence-electron chi connectivity index (χ4n) is 2.31. The van der Waals surface area contributed by atoms with Crippen LogP contribution in [0.1, 0.15) is 46.0 Å². The van der Waals surface area contributed by atoms with Crippen LogP contribution < -0.4 is 5.32 Å². The second kappa shape index (κ2) is 7.34. The van der Waals surface area contributed by atoms with E-state index >= 15 is 0 Å². The van der Waals surface area contributed by atoms with E-state index in [0.29, 0.717) is 5.75 Å². The standard InChI is InChI=1S/C12H26N2O2S/c1-3-13-9-5-7-11-17(15,16)14-10-6-4-8-12(14)2/h12-13H,3-11H2,1-2H3. The zero-order valence-corrected chi connectivity index (χ0v) is 11.9. The summed E-state index contributed by atoms with van der Waals surface area (Å²) in [7, 11) is -3.01. The van der Waals surface area contributed by atoms with Gasteiger partial charge in [-0.1, -0.05) is 13.3 Å². The summed E-state index contributed by atoms with van der Waals surface area (Å²) < 4.78 is 26.0. The first-order valence-electron chi connectivity index (χ1n) is 6.78. The zero-order valence-electron chi connectivity index (χ0n) is 11.1. The minimum absolute atomic E-state index is 0.197. The van der Waals surface area contributed by atoms with Gasteiger partial charge >= 0.3 is 0 Å². The molecule has 1 fully saturated rings. The number of sulfonamides is 1. The van der Waals surface area contributed by atoms with Crippen molar-refractivity contribution >= 4 is 10.0 Å². The molecule has 0 aromatic heterocycles. The van der Waals surface area contributed by atoms with Crippen molar-refractivity contribution < 1.29 is 8.42 Å². The average molecular weight is 262 g/mol. The Kier molecular flexibility index (Phi) is 6.44. The van der Waals surface area contributed by atoms with Gasteiger partial charge < -0.3 is 5.32 Å². The molecule has 0 saturated carbocycles. The Morgan fingerprint density at radius 2 is 2.06 bits per heavy atom. The second-order valence-corrected chi connectivity index (χ2v) is 6.87. The molecule has 102 valence electrons. The molecular weight excluding hydrogens is 236 g/mol. The number of unbranched alkanes of at least 4 members (excludes halogenated alkanes) is 1. The summed E-state index contributed by atoms with van der Waals surface area (Å²) >= 11 is 0. The van der Waals surface area contributed by atoms with E-state index in [1.807, 2.05) is 6.92 Å². The lowest BCUT2D eigenvalue weighted by Gasteiger charge is -2.32. The highest BCUT2D eigenvalue weighted by molar-refractivity contribution is 7.89. The van der Waals surface area contributed by atoms with Crippen LogP contribution in [-0.2, 0) is 10.0 Å². The molecule has 0 radical (unpaired) electrons. The van der Waals surface area contributed by atoms with E-state index in [1.54, 1.807) is 4.31 Å². The molecule has 0 spiro atoms. The molecule has 0 aromatic rings. The first kappa shape index (κ1) is 14.9. The predicted molar refractivity (Wildman–Crippen MR) is 71.6 cm³/mol. The first-order valence-corrected chi connectivity index (χ1v) is 8.39. The molecule has 1 N–H and O–H groups in total. The maximum Gasteiger partial charge on any atom is 0.214 e. The lowest BCUT2D eigenvalue weighted by Crippen LogP contribution is -2.43. The minimum Gasteiger partial charge on any atom is -0.317 e. The Bertz CT molecular complexity index is 304. The molecule has 5 heteroatoms. The molecule has 0 aliphatic carbocycles. The van der Waals surface area contributed by atoms with Crippen LogP contribution in [0.15, 0.2) is 0 Å². The minimum atomic E-state index is -3.01. The highest BCUT2D eigenvalue weighted by atomic mass is 32.2. The van der Waals surface area contributed by atoms with Crippen molar-refractivity contribution in [3.8, 4) is 0 Å². The fourth-order valence-corrected chi connectivity index (χ4v) is 4.18. The van der Waals surface area contributed by atoms with E-state index < -0.39 is 10.0 Å². The normalized spacial score (nSPS) is 22.8.